The van der Waals surface area contributed by atoms with Gasteiger partial charge in [-0.15, -0.1) is 0 Å². The van der Waals surface area contributed by atoms with Gasteiger partial charge < -0.3 is 4.74 Å². The van der Waals surface area contributed by atoms with Crippen molar-refractivity contribution in [2.75, 3.05) is 4.90 Å². The van der Waals surface area contributed by atoms with Crippen LogP contribution in [0.4, 0.5) is 10.5 Å². The third-order valence-corrected chi connectivity index (χ3v) is 4.12. The quantitative estimate of drug-likeness (QED) is 0.671. The van der Waals surface area contributed by atoms with Crippen molar-refractivity contribution in [3.8, 4) is 0 Å². The molecule has 0 aliphatic carbocycles. The summed E-state index contributed by atoms with van der Waals surface area (Å²) in [5.41, 5.74) is 3.45. The number of hydrogen-bond acceptors (Lipinski definition) is 3. The second-order valence-corrected chi connectivity index (χ2v) is 7.54. The number of anilines is 1. The van der Waals surface area contributed by atoms with Crippen LogP contribution in [0.5, 0.6) is 0 Å². The smallest absolute Gasteiger partial charge is 0.415 e. The molecule has 2 heterocycles. The Morgan fingerprint density at radius 3 is 2.78 bits per heavy atom. The molecule has 2 aromatic rings. The van der Waals surface area contributed by atoms with E-state index in [0.29, 0.717) is 13.0 Å². The van der Waals surface area contributed by atoms with Crippen molar-refractivity contribution in [2.24, 2.45) is 0 Å². The van der Waals surface area contributed by atoms with Gasteiger partial charge in [-0.25, -0.2) is 4.79 Å². The number of benzene rings is 1. The maximum Gasteiger partial charge on any atom is 0.415 e. The molecule has 0 bridgehead atoms. The first-order valence-corrected chi connectivity index (χ1v) is 8.34. The first-order chi connectivity index (χ1) is 10.8. The van der Waals surface area contributed by atoms with Crippen LogP contribution >= 0.6 is 15.9 Å². The lowest BCUT2D eigenvalue weighted by Crippen LogP contribution is -2.36. The first kappa shape index (κ1) is 16.0. The predicted molar refractivity (Wildman–Crippen MR) is 93.6 cm³/mol. The lowest BCUT2D eigenvalue weighted by Gasteiger charge is -2.27. The van der Waals surface area contributed by atoms with Gasteiger partial charge in [0.2, 0.25) is 0 Å². The van der Waals surface area contributed by atoms with E-state index in [-0.39, 0.29) is 6.09 Å². The number of halogens is 1. The van der Waals surface area contributed by atoms with Gasteiger partial charge in [0.1, 0.15) is 5.60 Å². The summed E-state index contributed by atoms with van der Waals surface area (Å²) in [5.74, 6) is 0. The van der Waals surface area contributed by atoms with Crippen LogP contribution in [0.3, 0.4) is 0 Å². The third kappa shape index (κ3) is 3.55. The minimum absolute atomic E-state index is 0.339. The van der Waals surface area contributed by atoms with Crippen LogP contribution in [0, 0.1) is 0 Å². The molecule has 0 spiro atoms. The Bertz CT molecular complexity index is 753. The Morgan fingerprint density at radius 2 is 2.04 bits per heavy atom. The fourth-order valence-corrected chi connectivity index (χ4v) is 2.98. The highest BCUT2D eigenvalue weighted by Crippen LogP contribution is 2.33. The van der Waals surface area contributed by atoms with Gasteiger partial charge in [0.05, 0.1) is 12.2 Å². The van der Waals surface area contributed by atoms with Crippen molar-refractivity contribution in [3.63, 3.8) is 0 Å². The molecule has 0 N–H and O–H groups in total. The van der Waals surface area contributed by atoms with Crippen molar-refractivity contribution >= 4 is 27.7 Å². The van der Waals surface area contributed by atoms with Crippen LogP contribution in [0.1, 0.15) is 37.6 Å². The molecule has 3 rings (SSSR count). The zero-order chi connectivity index (χ0) is 16.6. The van der Waals surface area contributed by atoms with Crippen LogP contribution < -0.4 is 4.90 Å². The van der Waals surface area contributed by atoms with Gasteiger partial charge in [0, 0.05) is 22.8 Å². The number of rotatable bonds is 0. The molecule has 4 nitrogen and oxygen atoms in total. The van der Waals surface area contributed by atoms with E-state index in [4.69, 9.17) is 4.74 Å². The predicted octanol–water partition coefficient (Wildman–Crippen LogP) is 4.69. The average Bonchev–Trinajstić information content (AvgIpc) is 2.62. The minimum atomic E-state index is -0.534. The number of carbonyl (C=O) groups excluding carboxylic acids is 1. The normalized spacial score (nSPS) is 13.8. The van der Waals surface area contributed by atoms with Crippen LogP contribution in [0.25, 0.3) is 0 Å². The molecular formula is C18H19BrN2O2. The Balaban J connectivity index is 2.07. The molecule has 120 valence electrons. The number of ether oxygens (including phenoxy) is 1. The number of amides is 1. The molecule has 1 aromatic carbocycles. The standard InChI is InChI=1S/C18H19BrN2O2/c1-18(2,3)23-17(22)21-11-13-5-4-8-20-15(13)9-12-6-7-14(19)10-16(12)21/h4-8,10H,9,11H2,1-3H3. The van der Waals surface area contributed by atoms with E-state index in [1.165, 1.54) is 0 Å². The molecule has 0 fully saturated rings. The highest BCUT2D eigenvalue weighted by atomic mass is 79.9. The zero-order valence-electron chi connectivity index (χ0n) is 13.5. The third-order valence-electron chi connectivity index (χ3n) is 3.62. The van der Waals surface area contributed by atoms with E-state index >= 15 is 0 Å². The summed E-state index contributed by atoms with van der Waals surface area (Å²) in [5, 5.41) is 0. The Labute approximate surface area is 144 Å². The summed E-state index contributed by atoms with van der Waals surface area (Å²) in [6, 6.07) is 9.89. The molecule has 1 amide bonds. The van der Waals surface area contributed by atoms with E-state index in [1.54, 1.807) is 11.1 Å². The van der Waals surface area contributed by atoms with Gasteiger partial charge in [-0.05, 0) is 50.1 Å². The van der Waals surface area contributed by atoms with E-state index in [1.807, 2.05) is 51.1 Å². The fraction of sp³-hybridized carbons (Fsp3) is 0.333. The van der Waals surface area contributed by atoms with Crippen molar-refractivity contribution in [1.29, 1.82) is 0 Å². The molecule has 1 aliphatic heterocycles. The Hall–Kier alpha value is -1.88. The molecule has 0 unspecified atom stereocenters. The maximum absolute atomic E-state index is 12.7. The van der Waals surface area contributed by atoms with Crippen LogP contribution in [0.2, 0.25) is 0 Å². The lowest BCUT2D eigenvalue weighted by molar-refractivity contribution is 0.0577. The van der Waals surface area contributed by atoms with E-state index in [2.05, 4.69) is 20.9 Å². The van der Waals surface area contributed by atoms with Gasteiger partial charge in [-0.2, -0.15) is 0 Å². The molecule has 0 saturated carbocycles. The summed E-state index contributed by atoms with van der Waals surface area (Å²) < 4.78 is 6.53. The molecule has 23 heavy (non-hydrogen) atoms. The Kier molecular flexibility index (Phi) is 4.15. The second kappa shape index (κ2) is 5.96. The second-order valence-electron chi connectivity index (χ2n) is 6.63. The van der Waals surface area contributed by atoms with Crippen molar-refractivity contribution < 1.29 is 9.53 Å². The molecule has 0 radical (unpaired) electrons. The zero-order valence-corrected chi connectivity index (χ0v) is 15.1. The number of nitrogens with zero attached hydrogens (tertiary/aromatic N) is 2. The van der Waals surface area contributed by atoms with Crippen molar-refractivity contribution in [2.45, 2.75) is 39.3 Å². The molecule has 0 saturated heterocycles. The van der Waals surface area contributed by atoms with E-state index in [9.17, 15) is 4.79 Å². The number of hydrogen-bond donors (Lipinski definition) is 0. The maximum atomic E-state index is 12.7. The van der Waals surface area contributed by atoms with Gasteiger partial charge >= 0.3 is 6.09 Å². The monoisotopic (exact) mass is 374 g/mol. The molecular weight excluding hydrogens is 356 g/mol. The summed E-state index contributed by atoms with van der Waals surface area (Å²) in [6.07, 6.45) is 2.16. The molecule has 0 atom stereocenters. The Morgan fingerprint density at radius 1 is 1.26 bits per heavy atom. The molecule has 1 aromatic heterocycles. The van der Waals surface area contributed by atoms with Crippen LogP contribution in [-0.4, -0.2) is 16.7 Å². The van der Waals surface area contributed by atoms with Gasteiger partial charge in [-0.1, -0.05) is 28.1 Å². The first-order valence-electron chi connectivity index (χ1n) is 7.55. The molecule has 1 aliphatic rings. The summed E-state index contributed by atoms with van der Waals surface area (Å²) in [6.45, 7) is 6.08. The summed E-state index contributed by atoms with van der Waals surface area (Å²) in [4.78, 5) is 18.9. The highest BCUT2D eigenvalue weighted by Gasteiger charge is 2.28. The van der Waals surface area contributed by atoms with Crippen LogP contribution in [0.15, 0.2) is 41.0 Å². The minimum Gasteiger partial charge on any atom is -0.443 e. The largest absolute Gasteiger partial charge is 0.443 e. The summed E-state index contributed by atoms with van der Waals surface area (Å²) >= 11 is 3.49. The van der Waals surface area contributed by atoms with Gasteiger partial charge in [0.25, 0.3) is 0 Å². The van der Waals surface area contributed by atoms with Gasteiger partial charge in [0.15, 0.2) is 0 Å². The van der Waals surface area contributed by atoms with Crippen molar-refractivity contribution in [3.05, 3.63) is 57.8 Å². The highest BCUT2D eigenvalue weighted by molar-refractivity contribution is 9.10. The van der Waals surface area contributed by atoms with Crippen molar-refractivity contribution in [1.82, 2.24) is 4.98 Å². The van der Waals surface area contributed by atoms with Crippen LogP contribution in [-0.2, 0) is 17.7 Å². The lowest BCUT2D eigenvalue weighted by atomic mass is 10.1. The number of fused-ring (bicyclic) bond motifs is 2. The number of pyridine rings is 1. The average molecular weight is 375 g/mol. The SMILES string of the molecule is CC(C)(C)OC(=O)N1Cc2cccnc2Cc2ccc(Br)cc21. The fourth-order valence-electron chi connectivity index (χ4n) is 2.63. The molecule has 5 heteroatoms. The number of aromatic nitrogens is 1. The van der Waals surface area contributed by atoms with E-state index in [0.717, 1.165) is 27.0 Å². The summed E-state index contributed by atoms with van der Waals surface area (Å²) in [7, 11) is 0. The van der Waals surface area contributed by atoms with E-state index < -0.39 is 5.60 Å². The van der Waals surface area contributed by atoms with Gasteiger partial charge in [-0.3, -0.25) is 9.88 Å². The topological polar surface area (TPSA) is 42.4 Å². The number of carbonyl (C=O) groups is 1.